The first-order valence-corrected chi connectivity index (χ1v) is 7.76. The average Bonchev–Trinajstić information content (AvgIpc) is 2.87. The van der Waals surface area contributed by atoms with Crippen LogP contribution in [0.4, 0.5) is 0 Å². The van der Waals surface area contributed by atoms with Gasteiger partial charge in [0.25, 0.3) is 0 Å². The molecule has 0 radical (unpaired) electrons. The Labute approximate surface area is 139 Å². The Morgan fingerprint density at radius 2 is 1.92 bits per heavy atom. The minimum atomic E-state index is -0.527. The van der Waals surface area contributed by atoms with Crippen LogP contribution in [0.2, 0.25) is 0 Å². The number of aromatic nitrogens is 1. The third kappa shape index (κ3) is 3.66. The second-order valence-corrected chi connectivity index (χ2v) is 6.06. The molecule has 0 bridgehead atoms. The molecular weight excluding hydrogens is 334 g/mol. The average molecular weight is 347 g/mol. The van der Waals surface area contributed by atoms with Gasteiger partial charge in [0.15, 0.2) is 5.75 Å². The van der Waals surface area contributed by atoms with E-state index in [9.17, 15) is 14.7 Å². The topological polar surface area (TPSA) is 113 Å². The zero-order chi connectivity index (χ0) is 17.1. The molecule has 0 amide bonds. The Balaban J connectivity index is 1.64. The van der Waals surface area contributed by atoms with Gasteiger partial charge < -0.3 is 19.4 Å². The van der Waals surface area contributed by atoms with Crippen LogP contribution in [0.3, 0.4) is 0 Å². The first-order chi connectivity index (χ1) is 11.5. The lowest BCUT2D eigenvalue weighted by Crippen LogP contribution is -2.03. The highest BCUT2D eigenvalue weighted by Crippen LogP contribution is 2.22. The van der Waals surface area contributed by atoms with E-state index < -0.39 is 11.2 Å². The molecular formula is C16H13NO6S. The van der Waals surface area contributed by atoms with E-state index in [4.69, 9.17) is 14.3 Å². The van der Waals surface area contributed by atoms with Crippen molar-refractivity contribution in [3.05, 3.63) is 72.7 Å². The smallest absolute Gasteiger partial charge is 0.307 e. The van der Waals surface area contributed by atoms with Crippen molar-refractivity contribution in [1.82, 2.24) is 4.98 Å². The number of benzene rings is 1. The predicted molar refractivity (Wildman–Crippen MR) is 86.8 cm³/mol. The molecule has 3 aromatic rings. The van der Waals surface area contributed by atoms with E-state index in [0.29, 0.717) is 22.8 Å². The second-order valence-electron chi connectivity index (χ2n) is 4.99. The molecule has 3 N–H and O–H groups in total. The fourth-order valence-corrected chi connectivity index (χ4v) is 2.79. The van der Waals surface area contributed by atoms with Crippen molar-refractivity contribution in [2.45, 2.75) is 13.0 Å². The van der Waals surface area contributed by atoms with Gasteiger partial charge in [-0.1, -0.05) is 23.5 Å². The molecule has 0 saturated carbocycles. The molecule has 0 spiro atoms. The maximum absolute atomic E-state index is 11.3. The minimum absolute atomic E-state index is 0.0507. The first-order valence-electron chi connectivity index (χ1n) is 6.94. The molecule has 124 valence electrons. The van der Waals surface area contributed by atoms with E-state index in [1.165, 1.54) is 6.07 Å². The van der Waals surface area contributed by atoms with Crippen LogP contribution >= 0.6 is 11.3 Å². The molecule has 0 fully saturated rings. The van der Waals surface area contributed by atoms with Gasteiger partial charge in [-0.25, -0.2) is 0 Å². The SMILES string of the molecule is O=c1[nH]c(O)c(Cc2ccc(OCc3cc(=O)c(O)co3)cc2)s1. The van der Waals surface area contributed by atoms with Crippen molar-refractivity contribution in [1.29, 1.82) is 0 Å². The largest absolute Gasteiger partial charge is 0.502 e. The zero-order valence-electron chi connectivity index (χ0n) is 12.3. The summed E-state index contributed by atoms with van der Waals surface area (Å²) in [7, 11) is 0. The van der Waals surface area contributed by atoms with Crippen LogP contribution in [0, 0.1) is 0 Å². The number of ether oxygens (including phenoxy) is 1. The third-order valence-corrected chi connectivity index (χ3v) is 4.11. The minimum Gasteiger partial charge on any atom is -0.502 e. The first kappa shape index (κ1) is 15.9. The van der Waals surface area contributed by atoms with Gasteiger partial charge in [-0.2, -0.15) is 0 Å². The number of thiazole rings is 1. The maximum Gasteiger partial charge on any atom is 0.307 e. The molecule has 0 saturated heterocycles. The molecule has 8 heteroatoms. The highest BCUT2D eigenvalue weighted by molar-refractivity contribution is 7.09. The lowest BCUT2D eigenvalue weighted by molar-refractivity contribution is 0.263. The molecule has 3 rings (SSSR count). The van der Waals surface area contributed by atoms with E-state index in [2.05, 4.69) is 4.98 Å². The molecule has 24 heavy (non-hydrogen) atoms. The fourth-order valence-electron chi connectivity index (χ4n) is 2.03. The Morgan fingerprint density at radius 3 is 2.54 bits per heavy atom. The number of hydrogen-bond donors (Lipinski definition) is 3. The molecule has 0 aliphatic rings. The summed E-state index contributed by atoms with van der Waals surface area (Å²) in [5.74, 6) is 0.316. The van der Waals surface area contributed by atoms with Crippen molar-refractivity contribution in [2.75, 3.05) is 0 Å². The van der Waals surface area contributed by atoms with Crippen LogP contribution in [0.1, 0.15) is 16.2 Å². The van der Waals surface area contributed by atoms with Crippen LogP contribution in [-0.2, 0) is 13.0 Å². The summed E-state index contributed by atoms with van der Waals surface area (Å²) >= 11 is 0.969. The molecule has 7 nitrogen and oxygen atoms in total. The summed E-state index contributed by atoms with van der Waals surface area (Å²) in [6, 6.07) is 8.26. The Kier molecular flexibility index (Phi) is 4.39. The molecule has 1 aromatic carbocycles. The lowest BCUT2D eigenvalue weighted by Gasteiger charge is -2.06. The summed E-state index contributed by atoms with van der Waals surface area (Å²) in [6.45, 7) is 0.0507. The van der Waals surface area contributed by atoms with Gasteiger partial charge in [0, 0.05) is 12.5 Å². The highest BCUT2D eigenvalue weighted by Gasteiger charge is 2.08. The molecule has 0 aliphatic carbocycles. The van der Waals surface area contributed by atoms with Crippen LogP contribution in [0.25, 0.3) is 0 Å². The predicted octanol–water partition coefficient (Wildman–Crippen LogP) is 1.97. The van der Waals surface area contributed by atoms with E-state index in [1.54, 1.807) is 12.1 Å². The Hall–Kier alpha value is -3.00. The number of nitrogens with one attached hydrogen (secondary N) is 1. The summed E-state index contributed by atoms with van der Waals surface area (Å²) in [5.41, 5.74) is 0.379. The number of aromatic hydroxyl groups is 2. The fraction of sp³-hybridized carbons (Fsp3) is 0.125. The van der Waals surface area contributed by atoms with Gasteiger partial charge >= 0.3 is 4.87 Å². The number of hydrogen-bond acceptors (Lipinski definition) is 7. The van der Waals surface area contributed by atoms with Gasteiger partial charge in [0.2, 0.25) is 11.3 Å². The van der Waals surface area contributed by atoms with Gasteiger partial charge in [-0.15, -0.1) is 0 Å². The molecule has 2 heterocycles. The number of H-pyrrole nitrogens is 1. The Bertz CT molecular complexity index is 954. The van der Waals surface area contributed by atoms with E-state index in [-0.39, 0.29) is 17.4 Å². The zero-order valence-corrected chi connectivity index (χ0v) is 13.1. The van der Waals surface area contributed by atoms with Crippen molar-refractivity contribution in [3.8, 4) is 17.4 Å². The quantitative estimate of drug-likeness (QED) is 0.650. The van der Waals surface area contributed by atoms with E-state index in [1.807, 2.05) is 12.1 Å². The van der Waals surface area contributed by atoms with Crippen LogP contribution < -0.4 is 15.0 Å². The molecule has 0 aliphatic heterocycles. The van der Waals surface area contributed by atoms with Crippen LogP contribution in [0.15, 0.2) is 50.6 Å². The van der Waals surface area contributed by atoms with Crippen molar-refractivity contribution in [3.63, 3.8) is 0 Å². The van der Waals surface area contributed by atoms with Crippen molar-refractivity contribution in [2.24, 2.45) is 0 Å². The summed E-state index contributed by atoms with van der Waals surface area (Å²) in [6.07, 6.45) is 1.40. The Morgan fingerprint density at radius 1 is 1.17 bits per heavy atom. The lowest BCUT2D eigenvalue weighted by atomic mass is 10.1. The van der Waals surface area contributed by atoms with E-state index >= 15 is 0 Å². The van der Waals surface area contributed by atoms with Gasteiger partial charge in [-0.3, -0.25) is 14.6 Å². The molecule has 0 atom stereocenters. The monoisotopic (exact) mass is 347 g/mol. The molecule has 2 aromatic heterocycles. The summed E-state index contributed by atoms with van der Waals surface area (Å²) in [4.78, 5) is 25.0. The van der Waals surface area contributed by atoms with Gasteiger partial charge in [-0.05, 0) is 17.7 Å². The third-order valence-electron chi connectivity index (χ3n) is 3.24. The van der Waals surface area contributed by atoms with Gasteiger partial charge in [0.05, 0.1) is 4.88 Å². The maximum atomic E-state index is 11.3. The van der Waals surface area contributed by atoms with Crippen molar-refractivity contribution < 1.29 is 19.4 Å². The van der Waals surface area contributed by atoms with Crippen LogP contribution in [-0.4, -0.2) is 15.2 Å². The van der Waals surface area contributed by atoms with Crippen LogP contribution in [0.5, 0.6) is 17.4 Å². The standard InChI is InChI=1S/C16H13NO6S/c18-12-6-11(23-8-13(12)19)7-22-10-3-1-9(2-4-10)5-14-15(20)17-16(21)24-14/h1-4,6,8,19-20H,5,7H2,(H,17,21). The van der Waals surface area contributed by atoms with Crippen molar-refractivity contribution >= 4 is 11.3 Å². The second kappa shape index (κ2) is 6.63. The van der Waals surface area contributed by atoms with E-state index in [0.717, 1.165) is 23.2 Å². The number of aromatic amines is 1. The van der Waals surface area contributed by atoms with Gasteiger partial charge in [0.1, 0.15) is 24.4 Å². The highest BCUT2D eigenvalue weighted by atomic mass is 32.1. The summed E-state index contributed by atoms with van der Waals surface area (Å²) in [5, 5.41) is 18.7. The molecule has 0 unspecified atom stereocenters. The summed E-state index contributed by atoms with van der Waals surface area (Å²) < 4.78 is 10.5. The number of rotatable bonds is 5. The normalized spacial score (nSPS) is 10.7.